The highest BCUT2D eigenvalue weighted by atomic mass is 79.9. The summed E-state index contributed by atoms with van der Waals surface area (Å²) in [4.78, 5) is 1.32. The number of benzene rings is 3. The van der Waals surface area contributed by atoms with Gasteiger partial charge in [0.1, 0.15) is 0 Å². The maximum Gasteiger partial charge on any atom is 0.0484 e. The average molecular weight is 358 g/mol. The molecular weight excluding hydrogens is 342 g/mol. The molecule has 0 radical (unpaired) electrons. The fraction of sp³-hybridized carbons (Fsp3) is 0.111. The molecule has 0 aromatic heterocycles. The first-order valence-corrected chi connectivity index (χ1v) is 8.71. The van der Waals surface area contributed by atoms with Gasteiger partial charge in [0.25, 0.3) is 0 Å². The Morgan fingerprint density at radius 3 is 2.48 bits per heavy atom. The maximum absolute atomic E-state index is 3.55. The van der Waals surface area contributed by atoms with Crippen molar-refractivity contribution in [2.45, 2.75) is 4.90 Å². The molecular formula is C18H16BrNS. The molecule has 0 spiro atoms. The number of halogens is 1. The SMILES string of the molecule is Brc1ccccc1NCCSc1ccc2ccccc2c1. The molecule has 0 aliphatic heterocycles. The molecule has 0 fully saturated rings. The van der Waals surface area contributed by atoms with Gasteiger partial charge in [0.05, 0.1) is 0 Å². The number of nitrogens with one attached hydrogen (secondary N) is 1. The number of hydrogen-bond acceptors (Lipinski definition) is 2. The second-order valence-corrected chi connectivity index (χ2v) is 6.79. The van der Waals surface area contributed by atoms with Gasteiger partial charge >= 0.3 is 0 Å². The third-order valence-corrected chi connectivity index (χ3v) is 4.97. The number of hydrogen-bond donors (Lipinski definition) is 1. The Balaban J connectivity index is 1.56. The minimum atomic E-state index is 0.945. The van der Waals surface area contributed by atoms with Gasteiger partial charge in [-0.2, -0.15) is 0 Å². The zero-order chi connectivity index (χ0) is 14.5. The second kappa shape index (κ2) is 7.01. The predicted molar refractivity (Wildman–Crippen MR) is 97.3 cm³/mol. The molecule has 0 saturated heterocycles. The van der Waals surface area contributed by atoms with Crippen LogP contribution in [0.4, 0.5) is 5.69 Å². The molecule has 0 bridgehead atoms. The lowest BCUT2D eigenvalue weighted by atomic mass is 10.1. The summed E-state index contributed by atoms with van der Waals surface area (Å²) < 4.78 is 1.11. The van der Waals surface area contributed by atoms with Crippen LogP contribution in [-0.2, 0) is 0 Å². The Bertz CT molecular complexity index is 742. The molecule has 0 amide bonds. The molecule has 3 rings (SSSR count). The Hall–Kier alpha value is -1.45. The van der Waals surface area contributed by atoms with Crippen LogP contribution in [0, 0.1) is 0 Å². The third-order valence-electron chi connectivity index (χ3n) is 3.28. The molecule has 3 heteroatoms. The molecule has 106 valence electrons. The summed E-state index contributed by atoms with van der Waals surface area (Å²) in [5.74, 6) is 1.04. The Labute approximate surface area is 137 Å². The van der Waals surface area contributed by atoms with Crippen molar-refractivity contribution in [1.29, 1.82) is 0 Å². The smallest absolute Gasteiger partial charge is 0.0484 e. The number of fused-ring (bicyclic) bond motifs is 1. The number of thioether (sulfide) groups is 1. The Morgan fingerprint density at radius 1 is 0.857 bits per heavy atom. The van der Waals surface area contributed by atoms with E-state index in [1.807, 2.05) is 23.9 Å². The van der Waals surface area contributed by atoms with E-state index in [0.29, 0.717) is 0 Å². The molecule has 0 aliphatic rings. The fourth-order valence-corrected chi connectivity index (χ4v) is 3.46. The van der Waals surface area contributed by atoms with Crippen molar-refractivity contribution in [1.82, 2.24) is 0 Å². The Kier molecular flexibility index (Phi) is 4.84. The van der Waals surface area contributed by atoms with Crippen LogP contribution in [0.1, 0.15) is 0 Å². The number of para-hydroxylation sites is 1. The van der Waals surface area contributed by atoms with E-state index >= 15 is 0 Å². The lowest BCUT2D eigenvalue weighted by molar-refractivity contribution is 1.22. The van der Waals surface area contributed by atoms with Gasteiger partial charge in [0.15, 0.2) is 0 Å². The van der Waals surface area contributed by atoms with Gasteiger partial charge < -0.3 is 5.32 Å². The van der Waals surface area contributed by atoms with Crippen LogP contribution in [0.15, 0.2) is 76.1 Å². The normalized spacial score (nSPS) is 10.7. The highest BCUT2D eigenvalue weighted by Crippen LogP contribution is 2.24. The number of rotatable bonds is 5. The van der Waals surface area contributed by atoms with Gasteiger partial charge in [-0.05, 0) is 51.0 Å². The van der Waals surface area contributed by atoms with Gasteiger partial charge in [-0.3, -0.25) is 0 Å². The van der Waals surface area contributed by atoms with Crippen LogP contribution >= 0.6 is 27.7 Å². The molecule has 21 heavy (non-hydrogen) atoms. The topological polar surface area (TPSA) is 12.0 Å². The zero-order valence-corrected chi connectivity index (χ0v) is 14.0. The molecule has 3 aromatic rings. The second-order valence-electron chi connectivity index (χ2n) is 4.76. The van der Waals surface area contributed by atoms with Crippen molar-refractivity contribution in [3.8, 4) is 0 Å². The van der Waals surface area contributed by atoms with E-state index in [1.165, 1.54) is 15.7 Å². The zero-order valence-electron chi connectivity index (χ0n) is 11.6. The lowest BCUT2D eigenvalue weighted by Gasteiger charge is -2.08. The quantitative estimate of drug-likeness (QED) is 0.456. The van der Waals surface area contributed by atoms with Gasteiger partial charge in [-0.1, -0.05) is 42.5 Å². The van der Waals surface area contributed by atoms with Crippen LogP contribution in [0.2, 0.25) is 0 Å². The summed E-state index contributed by atoms with van der Waals surface area (Å²) in [6.07, 6.45) is 0. The van der Waals surface area contributed by atoms with E-state index in [-0.39, 0.29) is 0 Å². The monoisotopic (exact) mass is 357 g/mol. The van der Waals surface area contributed by atoms with E-state index < -0.39 is 0 Å². The van der Waals surface area contributed by atoms with E-state index in [2.05, 4.69) is 75.8 Å². The highest BCUT2D eigenvalue weighted by Gasteiger charge is 1.99. The minimum absolute atomic E-state index is 0.945. The van der Waals surface area contributed by atoms with Crippen molar-refractivity contribution in [3.63, 3.8) is 0 Å². The molecule has 0 aliphatic carbocycles. The number of anilines is 1. The minimum Gasteiger partial charge on any atom is -0.383 e. The molecule has 1 N–H and O–H groups in total. The fourth-order valence-electron chi connectivity index (χ4n) is 2.22. The molecule has 3 aromatic carbocycles. The van der Waals surface area contributed by atoms with Gasteiger partial charge in [-0.25, -0.2) is 0 Å². The molecule has 0 atom stereocenters. The van der Waals surface area contributed by atoms with E-state index in [1.54, 1.807) is 0 Å². The van der Waals surface area contributed by atoms with Crippen molar-refractivity contribution < 1.29 is 0 Å². The van der Waals surface area contributed by atoms with Crippen LogP contribution in [0.3, 0.4) is 0 Å². The third kappa shape index (κ3) is 3.80. The van der Waals surface area contributed by atoms with Crippen LogP contribution in [0.25, 0.3) is 10.8 Å². The molecule has 0 unspecified atom stereocenters. The molecule has 0 saturated carbocycles. The van der Waals surface area contributed by atoms with Crippen LogP contribution in [0.5, 0.6) is 0 Å². The summed E-state index contributed by atoms with van der Waals surface area (Å²) in [6.45, 7) is 0.945. The first-order valence-electron chi connectivity index (χ1n) is 6.93. The Morgan fingerprint density at radius 2 is 1.62 bits per heavy atom. The summed E-state index contributed by atoms with van der Waals surface area (Å²) in [5.41, 5.74) is 1.15. The average Bonchev–Trinajstić information content (AvgIpc) is 2.53. The summed E-state index contributed by atoms with van der Waals surface area (Å²) >= 11 is 5.43. The summed E-state index contributed by atoms with van der Waals surface area (Å²) in [5, 5.41) is 6.06. The van der Waals surface area contributed by atoms with E-state index in [4.69, 9.17) is 0 Å². The van der Waals surface area contributed by atoms with Crippen molar-refractivity contribution >= 4 is 44.2 Å². The van der Waals surface area contributed by atoms with Crippen LogP contribution < -0.4 is 5.32 Å². The predicted octanol–water partition coefficient (Wildman–Crippen LogP) is 5.81. The summed E-state index contributed by atoms with van der Waals surface area (Å²) in [7, 11) is 0. The first-order chi connectivity index (χ1) is 10.3. The van der Waals surface area contributed by atoms with Crippen molar-refractivity contribution in [2.24, 2.45) is 0 Å². The van der Waals surface area contributed by atoms with Crippen molar-refractivity contribution in [2.75, 3.05) is 17.6 Å². The van der Waals surface area contributed by atoms with Gasteiger partial charge in [0.2, 0.25) is 0 Å². The molecule has 1 nitrogen and oxygen atoms in total. The van der Waals surface area contributed by atoms with Gasteiger partial charge in [-0.15, -0.1) is 11.8 Å². The van der Waals surface area contributed by atoms with E-state index in [9.17, 15) is 0 Å². The largest absolute Gasteiger partial charge is 0.383 e. The van der Waals surface area contributed by atoms with Crippen LogP contribution in [-0.4, -0.2) is 12.3 Å². The lowest BCUT2D eigenvalue weighted by Crippen LogP contribution is -2.04. The van der Waals surface area contributed by atoms with E-state index in [0.717, 1.165) is 22.5 Å². The van der Waals surface area contributed by atoms with Crippen molar-refractivity contribution in [3.05, 3.63) is 71.2 Å². The molecule has 0 heterocycles. The van der Waals surface area contributed by atoms with Gasteiger partial charge in [0, 0.05) is 27.4 Å². The maximum atomic E-state index is 3.55. The highest BCUT2D eigenvalue weighted by molar-refractivity contribution is 9.10. The first kappa shape index (κ1) is 14.5. The summed E-state index contributed by atoms with van der Waals surface area (Å²) in [6, 6.07) is 23.4. The standard InChI is InChI=1S/C18H16BrNS/c19-17-7-3-4-8-18(17)20-11-12-21-16-10-9-14-5-1-2-6-15(14)13-16/h1-10,13,20H,11-12H2.